The molecule has 0 amide bonds. The van der Waals surface area contributed by atoms with Crippen molar-refractivity contribution in [2.75, 3.05) is 6.26 Å². The molecule has 0 atom stereocenters. The number of pyridine rings is 1. The first-order chi connectivity index (χ1) is 5.54. The van der Waals surface area contributed by atoms with E-state index in [4.69, 9.17) is 11.6 Å². The largest absolute Gasteiger partial charge is 0.263 e. The van der Waals surface area contributed by atoms with E-state index in [1.807, 2.05) is 0 Å². The second kappa shape index (κ2) is 4.79. The summed E-state index contributed by atoms with van der Waals surface area (Å²) in [6.45, 7) is 0. The number of aromatic nitrogens is 1. The van der Waals surface area contributed by atoms with Crippen molar-refractivity contribution in [1.82, 2.24) is 4.98 Å². The predicted octanol–water partition coefficient (Wildman–Crippen LogP) is 1.65. The average molecular weight is 242 g/mol. The smallest absolute Gasteiger partial charge is 0.177 e. The van der Waals surface area contributed by atoms with Crippen LogP contribution in [0.2, 0.25) is 0 Å². The maximum Gasteiger partial charge on any atom is 0.177 e. The summed E-state index contributed by atoms with van der Waals surface area (Å²) in [6, 6.07) is 1.52. The first kappa shape index (κ1) is 12.7. The zero-order valence-corrected chi connectivity index (χ0v) is 9.29. The molecule has 1 aromatic rings. The van der Waals surface area contributed by atoms with Gasteiger partial charge in [-0.2, -0.15) is 0 Å². The van der Waals surface area contributed by atoms with Crippen LogP contribution in [0.5, 0.6) is 0 Å². The fourth-order valence-electron chi connectivity index (χ4n) is 0.740. The van der Waals surface area contributed by atoms with Gasteiger partial charge in [-0.25, -0.2) is 8.42 Å². The van der Waals surface area contributed by atoms with Gasteiger partial charge in [0.25, 0.3) is 0 Å². The molecular formula is C7H9Cl2NO2S. The Labute approximate surface area is 88.5 Å². The van der Waals surface area contributed by atoms with Gasteiger partial charge >= 0.3 is 0 Å². The molecule has 0 spiro atoms. The summed E-state index contributed by atoms with van der Waals surface area (Å²) in [7, 11) is -3.16. The number of rotatable bonds is 2. The molecule has 13 heavy (non-hydrogen) atoms. The van der Waals surface area contributed by atoms with Crippen molar-refractivity contribution in [3.05, 3.63) is 24.0 Å². The average Bonchev–Trinajstić information content (AvgIpc) is 2.03. The quantitative estimate of drug-likeness (QED) is 0.741. The van der Waals surface area contributed by atoms with Crippen molar-refractivity contribution in [3.8, 4) is 0 Å². The summed E-state index contributed by atoms with van der Waals surface area (Å²) >= 11 is 5.51. The number of halogens is 2. The van der Waals surface area contributed by atoms with Gasteiger partial charge < -0.3 is 0 Å². The third-order valence-corrected chi connectivity index (χ3v) is 2.74. The Morgan fingerprint density at radius 2 is 2.08 bits per heavy atom. The van der Waals surface area contributed by atoms with Crippen LogP contribution in [-0.4, -0.2) is 19.7 Å². The van der Waals surface area contributed by atoms with Gasteiger partial charge in [-0.15, -0.1) is 24.0 Å². The Morgan fingerprint density at radius 3 is 2.54 bits per heavy atom. The van der Waals surface area contributed by atoms with Gasteiger partial charge in [-0.3, -0.25) is 4.98 Å². The molecule has 0 saturated carbocycles. The van der Waals surface area contributed by atoms with E-state index in [1.165, 1.54) is 12.3 Å². The molecule has 1 rings (SSSR count). The first-order valence-corrected chi connectivity index (χ1v) is 5.66. The molecule has 1 aromatic heterocycles. The topological polar surface area (TPSA) is 47.0 Å². The van der Waals surface area contributed by atoms with Crippen LogP contribution in [0.15, 0.2) is 23.4 Å². The van der Waals surface area contributed by atoms with Crippen molar-refractivity contribution >= 4 is 33.8 Å². The van der Waals surface area contributed by atoms with Gasteiger partial charge in [0.1, 0.15) is 0 Å². The maximum absolute atomic E-state index is 11.0. The molecule has 0 aliphatic carbocycles. The van der Waals surface area contributed by atoms with Gasteiger partial charge in [0, 0.05) is 24.5 Å². The van der Waals surface area contributed by atoms with Gasteiger partial charge in [-0.1, -0.05) is 0 Å². The molecule has 0 radical (unpaired) electrons. The lowest BCUT2D eigenvalue weighted by Gasteiger charge is -1.98. The molecule has 0 unspecified atom stereocenters. The minimum Gasteiger partial charge on any atom is -0.263 e. The Bertz CT molecular complexity index is 378. The fourth-order valence-corrected chi connectivity index (χ4v) is 1.50. The first-order valence-electron chi connectivity index (χ1n) is 3.24. The van der Waals surface area contributed by atoms with Crippen molar-refractivity contribution in [2.24, 2.45) is 0 Å². The second-order valence-corrected chi connectivity index (χ2v) is 4.72. The molecule has 0 aromatic carbocycles. The number of alkyl halides is 1. The van der Waals surface area contributed by atoms with Crippen LogP contribution >= 0.6 is 24.0 Å². The van der Waals surface area contributed by atoms with E-state index >= 15 is 0 Å². The highest BCUT2D eigenvalue weighted by atomic mass is 35.5. The van der Waals surface area contributed by atoms with E-state index in [0.29, 0.717) is 5.56 Å². The van der Waals surface area contributed by atoms with Crippen molar-refractivity contribution in [1.29, 1.82) is 0 Å². The van der Waals surface area contributed by atoms with E-state index in [1.54, 1.807) is 6.20 Å². The highest BCUT2D eigenvalue weighted by molar-refractivity contribution is 7.90. The Balaban J connectivity index is 0.00000144. The third kappa shape index (κ3) is 3.50. The molecule has 3 nitrogen and oxygen atoms in total. The zero-order chi connectivity index (χ0) is 9.19. The number of sulfone groups is 1. The van der Waals surface area contributed by atoms with E-state index in [9.17, 15) is 8.42 Å². The fraction of sp³-hybridized carbons (Fsp3) is 0.286. The van der Waals surface area contributed by atoms with Crippen LogP contribution in [0.4, 0.5) is 0 Å². The summed E-state index contributed by atoms with van der Waals surface area (Å²) in [5.41, 5.74) is 0.708. The molecule has 0 saturated heterocycles. The minimum atomic E-state index is -3.16. The minimum absolute atomic E-state index is 0. The van der Waals surface area contributed by atoms with Gasteiger partial charge in [0.15, 0.2) is 9.84 Å². The standard InChI is InChI=1S/C7H8ClNO2S.ClH/c1-12(10,11)7-2-6(3-8)4-9-5-7;/h2,4-5H,3H2,1H3;1H. The van der Waals surface area contributed by atoms with Crippen molar-refractivity contribution in [3.63, 3.8) is 0 Å². The molecule has 0 aliphatic rings. The summed E-state index contributed by atoms with van der Waals surface area (Å²) in [4.78, 5) is 3.97. The third-order valence-electron chi connectivity index (χ3n) is 1.35. The van der Waals surface area contributed by atoms with E-state index in [0.717, 1.165) is 6.26 Å². The van der Waals surface area contributed by atoms with Crippen LogP contribution < -0.4 is 0 Å². The van der Waals surface area contributed by atoms with Gasteiger partial charge in [0.05, 0.1) is 4.90 Å². The second-order valence-electron chi connectivity index (χ2n) is 2.43. The lowest BCUT2D eigenvalue weighted by molar-refractivity contribution is 0.601. The summed E-state index contributed by atoms with van der Waals surface area (Å²) in [6.07, 6.45) is 4.00. The van der Waals surface area contributed by atoms with Crippen LogP contribution in [0.1, 0.15) is 5.56 Å². The van der Waals surface area contributed by atoms with E-state index in [2.05, 4.69) is 4.98 Å². The molecular weight excluding hydrogens is 233 g/mol. The lowest BCUT2D eigenvalue weighted by atomic mass is 10.3. The number of hydrogen-bond acceptors (Lipinski definition) is 3. The predicted molar refractivity (Wildman–Crippen MR) is 54.2 cm³/mol. The van der Waals surface area contributed by atoms with E-state index in [-0.39, 0.29) is 23.2 Å². The number of nitrogens with zero attached hydrogens (tertiary/aromatic N) is 1. The highest BCUT2D eigenvalue weighted by Gasteiger charge is 2.07. The molecule has 1 heterocycles. The monoisotopic (exact) mass is 241 g/mol. The van der Waals surface area contributed by atoms with Gasteiger partial charge in [-0.05, 0) is 11.6 Å². The maximum atomic E-state index is 11.0. The zero-order valence-electron chi connectivity index (χ0n) is 6.90. The van der Waals surface area contributed by atoms with Crippen LogP contribution in [0.25, 0.3) is 0 Å². The Hall–Kier alpha value is -0.320. The van der Waals surface area contributed by atoms with Crippen molar-refractivity contribution < 1.29 is 8.42 Å². The van der Waals surface area contributed by atoms with Crippen molar-refractivity contribution in [2.45, 2.75) is 10.8 Å². The SMILES string of the molecule is CS(=O)(=O)c1cncc(CCl)c1.Cl. The summed E-state index contributed by atoms with van der Waals surface area (Å²) < 4.78 is 22.0. The van der Waals surface area contributed by atoms with Crippen LogP contribution in [0.3, 0.4) is 0 Å². The molecule has 0 aliphatic heterocycles. The molecule has 0 N–H and O–H groups in total. The summed E-state index contributed by atoms with van der Waals surface area (Å²) in [5.74, 6) is 0.274. The molecule has 0 fully saturated rings. The number of hydrogen-bond donors (Lipinski definition) is 0. The lowest BCUT2D eigenvalue weighted by Crippen LogP contribution is -1.98. The molecule has 6 heteroatoms. The van der Waals surface area contributed by atoms with Crippen LogP contribution in [-0.2, 0) is 15.7 Å². The summed E-state index contributed by atoms with van der Waals surface area (Å²) in [5, 5.41) is 0. The molecule has 74 valence electrons. The highest BCUT2D eigenvalue weighted by Crippen LogP contribution is 2.10. The van der Waals surface area contributed by atoms with Gasteiger partial charge in [0.2, 0.25) is 0 Å². The van der Waals surface area contributed by atoms with Crippen LogP contribution in [0, 0.1) is 0 Å². The molecule has 0 bridgehead atoms. The Kier molecular flexibility index (Phi) is 4.67. The van der Waals surface area contributed by atoms with E-state index < -0.39 is 9.84 Å². The normalized spacial score (nSPS) is 10.6. The Morgan fingerprint density at radius 1 is 1.46 bits per heavy atom.